The first kappa shape index (κ1) is 20.5. The predicted molar refractivity (Wildman–Crippen MR) is 112 cm³/mol. The number of nitrogens with zero attached hydrogens (tertiary/aromatic N) is 2. The number of rotatable bonds is 9. The topological polar surface area (TPSA) is 103 Å². The number of nitro groups is 1. The molecule has 1 N–H and O–H groups in total. The Morgan fingerprint density at radius 3 is 2.57 bits per heavy atom. The molecule has 0 aliphatic heterocycles. The zero-order valence-electron chi connectivity index (χ0n) is 15.9. The van der Waals surface area contributed by atoms with Crippen LogP contribution in [0.1, 0.15) is 11.1 Å². The van der Waals surface area contributed by atoms with Gasteiger partial charge in [0.1, 0.15) is 12.4 Å². The number of amides is 1. The number of nitro benzene ring substituents is 1. The van der Waals surface area contributed by atoms with Gasteiger partial charge in [0.15, 0.2) is 12.4 Å². The van der Waals surface area contributed by atoms with E-state index in [0.717, 1.165) is 11.1 Å². The number of carbonyl (C=O) groups excluding carboxylic acids is 1. The highest BCUT2D eigenvalue weighted by Gasteiger charge is 2.14. The van der Waals surface area contributed by atoms with Gasteiger partial charge in [-0.25, -0.2) is 5.43 Å². The van der Waals surface area contributed by atoms with E-state index in [9.17, 15) is 14.9 Å². The molecule has 0 unspecified atom stereocenters. The van der Waals surface area contributed by atoms with Crippen LogP contribution in [0.3, 0.4) is 0 Å². The van der Waals surface area contributed by atoms with Crippen molar-refractivity contribution in [3.63, 3.8) is 0 Å². The smallest absolute Gasteiger partial charge is 0.310 e. The second-order valence-corrected chi connectivity index (χ2v) is 6.15. The molecule has 3 rings (SSSR count). The van der Waals surface area contributed by atoms with Gasteiger partial charge in [-0.2, -0.15) is 5.10 Å². The molecule has 0 bridgehead atoms. The molecule has 0 spiro atoms. The highest BCUT2D eigenvalue weighted by Crippen LogP contribution is 2.25. The molecule has 0 radical (unpaired) electrons. The third-order valence-corrected chi connectivity index (χ3v) is 3.93. The van der Waals surface area contributed by atoms with Crippen LogP contribution >= 0.6 is 0 Å². The maximum absolute atomic E-state index is 11.9. The lowest BCUT2D eigenvalue weighted by atomic mass is 10.2. The van der Waals surface area contributed by atoms with E-state index in [1.54, 1.807) is 12.1 Å². The van der Waals surface area contributed by atoms with E-state index in [4.69, 9.17) is 9.47 Å². The van der Waals surface area contributed by atoms with Crippen LogP contribution in [0.2, 0.25) is 0 Å². The summed E-state index contributed by atoms with van der Waals surface area (Å²) in [7, 11) is 0. The van der Waals surface area contributed by atoms with Gasteiger partial charge in [0, 0.05) is 6.07 Å². The minimum atomic E-state index is -0.571. The number of para-hydroxylation sites is 2. The Kier molecular flexibility index (Phi) is 7.10. The molecule has 152 valence electrons. The molecule has 0 aliphatic rings. The molecule has 3 aromatic carbocycles. The van der Waals surface area contributed by atoms with Crippen LogP contribution < -0.4 is 14.9 Å². The van der Waals surface area contributed by atoms with Crippen molar-refractivity contribution in [2.45, 2.75) is 6.61 Å². The van der Waals surface area contributed by atoms with Crippen LogP contribution in [0.5, 0.6) is 11.5 Å². The Bertz CT molecular complexity index is 1040. The third-order valence-electron chi connectivity index (χ3n) is 3.93. The summed E-state index contributed by atoms with van der Waals surface area (Å²) >= 11 is 0. The van der Waals surface area contributed by atoms with E-state index < -0.39 is 17.4 Å². The first-order valence-corrected chi connectivity index (χ1v) is 9.07. The summed E-state index contributed by atoms with van der Waals surface area (Å²) < 4.78 is 11.0. The van der Waals surface area contributed by atoms with Gasteiger partial charge in [0.25, 0.3) is 5.91 Å². The van der Waals surface area contributed by atoms with Crippen molar-refractivity contribution in [3.8, 4) is 11.5 Å². The minimum absolute atomic E-state index is 0.0184. The largest absolute Gasteiger partial charge is 0.489 e. The Morgan fingerprint density at radius 1 is 1.00 bits per heavy atom. The number of hydrazone groups is 1. The van der Waals surface area contributed by atoms with E-state index >= 15 is 0 Å². The van der Waals surface area contributed by atoms with Crippen LogP contribution in [0.15, 0.2) is 84.0 Å². The molecule has 0 fully saturated rings. The standard InChI is InChI=1S/C22H19N3O5/c26-22(16-30-21-12-5-4-11-20(21)25(27)28)24-23-14-18-9-6-10-19(13-18)29-15-17-7-2-1-3-8-17/h1-14H,15-16H2,(H,24,26)/b23-14+. The summed E-state index contributed by atoms with van der Waals surface area (Å²) in [6, 6.07) is 22.9. The predicted octanol–water partition coefficient (Wildman–Crippen LogP) is 3.70. The van der Waals surface area contributed by atoms with Crippen molar-refractivity contribution in [2.75, 3.05) is 6.61 Å². The van der Waals surface area contributed by atoms with Crippen molar-refractivity contribution in [2.24, 2.45) is 5.10 Å². The number of carbonyl (C=O) groups is 1. The highest BCUT2D eigenvalue weighted by molar-refractivity contribution is 5.83. The summed E-state index contributed by atoms with van der Waals surface area (Å²) in [5, 5.41) is 14.8. The molecule has 0 heterocycles. The lowest BCUT2D eigenvalue weighted by Crippen LogP contribution is -2.24. The molecule has 0 atom stereocenters. The van der Waals surface area contributed by atoms with E-state index in [1.807, 2.05) is 48.5 Å². The van der Waals surface area contributed by atoms with Crippen LogP contribution in [0.4, 0.5) is 5.69 Å². The molecule has 3 aromatic rings. The summed E-state index contributed by atoms with van der Waals surface area (Å²) in [5.41, 5.74) is 3.91. The fourth-order valence-corrected chi connectivity index (χ4v) is 2.51. The molecule has 0 saturated heterocycles. The third kappa shape index (κ3) is 6.16. The average molecular weight is 405 g/mol. The van der Waals surface area contributed by atoms with Gasteiger partial charge in [-0.1, -0.05) is 54.6 Å². The fourth-order valence-electron chi connectivity index (χ4n) is 2.51. The molecule has 1 amide bonds. The molecule has 8 nitrogen and oxygen atoms in total. The molecular formula is C22H19N3O5. The van der Waals surface area contributed by atoms with Crippen molar-refractivity contribution in [3.05, 3.63) is 100 Å². The van der Waals surface area contributed by atoms with Gasteiger partial charge in [0.05, 0.1) is 11.1 Å². The summed E-state index contributed by atoms with van der Waals surface area (Å²) in [6.07, 6.45) is 1.47. The number of hydrogen-bond acceptors (Lipinski definition) is 6. The molecule has 8 heteroatoms. The fraction of sp³-hybridized carbons (Fsp3) is 0.0909. The second kappa shape index (κ2) is 10.4. The van der Waals surface area contributed by atoms with Crippen LogP contribution in [-0.4, -0.2) is 23.7 Å². The summed E-state index contributed by atoms with van der Waals surface area (Å²) in [5.74, 6) is 0.152. The minimum Gasteiger partial charge on any atom is -0.489 e. The Balaban J connectivity index is 1.49. The molecule has 0 saturated carbocycles. The summed E-state index contributed by atoms with van der Waals surface area (Å²) in [4.78, 5) is 22.2. The summed E-state index contributed by atoms with van der Waals surface area (Å²) in [6.45, 7) is 0.0452. The van der Waals surface area contributed by atoms with Gasteiger partial charge in [-0.05, 0) is 29.3 Å². The van der Waals surface area contributed by atoms with E-state index in [-0.39, 0.29) is 11.4 Å². The number of nitrogens with one attached hydrogen (secondary N) is 1. The quantitative estimate of drug-likeness (QED) is 0.332. The normalized spacial score (nSPS) is 10.5. The van der Waals surface area contributed by atoms with Crippen LogP contribution in [0, 0.1) is 10.1 Å². The SMILES string of the molecule is O=C(COc1ccccc1[N+](=O)[O-])N/N=C/c1cccc(OCc2ccccc2)c1. The van der Waals surface area contributed by atoms with E-state index in [0.29, 0.717) is 12.4 Å². The van der Waals surface area contributed by atoms with Crippen LogP contribution in [0.25, 0.3) is 0 Å². The lowest BCUT2D eigenvalue weighted by molar-refractivity contribution is -0.385. The maximum atomic E-state index is 11.9. The monoisotopic (exact) mass is 405 g/mol. The number of ether oxygens (including phenoxy) is 2. The molecule has 0 aliphatic carbocycles. The zero-order chi connectivity index (χ0) is 21.2. The number of hydrogen-bond donors (Lipinski definition) is 1. The Hall–Kier alpha value is -4.20. The van der Waals surface area contributed by atoms with Gasteiger partial charge in [0.2, 0.25) is 0 Å². The highest BCUT2D eigenvalue weighted by atomic mass is 16.6. The Morgan fingerprint density at radius 2 is 1.77 bits per heavy atom. The molecule has 0 aromatic heterocycles. The maximum Gasteiger partial charge on any atom is 0.310 e. The number of benzene rings is 3. The molecular weight excluding hydrogens is 386 g/mol. The first-order valence-electron chi connectivity index (χ1n) is 9.07. The zero-order valence-corrected chi connectivity index (χ0v) is 15.9. The Labute approximate surface area is 172 Å². The van der Waals surface area contributed by atoms with Gasteiger partial charge in [-0.15, -0.1) is 0 Å². The molecule has 30 heavy (non-hydrogen) atoms. The van der Waals surface area contributed by atoms with Crippen molar-refractivity contribution < 1.29 is 19.2 Å². The second-order valence-electron chi connectivity index (χ2n) is 6.15. The van der Waals surface area contributed by atoms with Gasteiger partial charge in [-0.3, -0.25) is 14.9 Å². The van der Waals surface area contributed by atoms with Gasteiger partial charge >= 0.3 is 5.69 Å². The van der Waals surface area contributed by atoms with Gasteiger partial charge < -0.3 is 9.47 Å². The first-order chi connectivity index (χ1) is 14.6. The van der Waals surface area contributed by atoms with Crippen molar-refractivity contribution >= 4 is 17.8 Å². The lowest BCUT2D eigenvalue weighted by Gasteiger charge is -2.07. The van der Waals surface area contributed by atoms with Crippen molar-refractivity contribution in [1.29, 1.82) is 0 Å². The average Bonchev–Trinajstić information content (AvgIpc) is 2.77. The van der Waals surface area contributed by atoms with E-state index in [2.05, 4.69) is 10.5 Å². The van der Waals surface area contributed by atoms with E-state index in [1.165, 1.54) is 24.4 Å². The van der Waals surface area contributed by atoms with Crippen molar-refractivity contribution in [1.82, 2.24) is 5.43 Å². The van der Waals surface area contributed by atoms with Crippen LogP contribution in [-0.2, 0) is 11.4 Å².